The molecule has 3 heteroatoms. The Kier molecular flexibility index (Phi) is 2.46. The molecule has 0 atom stereocenters. The summed E-state index contributed by atoms with van der Waals surface area (Å²) < 4.78 is 5.38. The standard InChI is InChI=1S/C12H14N2O/c1-8-6-9(2)12(11(7-8)15-3)10-4-5-13-14-10/h4-7H,1-3H3,(H,13,14). The number of nitrogens with zero attached hydrogens (tertiary/aromatic N) is 1. The summed E-state index contributed by atoms with van der Waals surface area (Å²) >= 11 is 0. The number of aromatic amines is 1. The van der Waals surface area contributed by atoms with Gasteiger partial charge in [-0.1, -0.05) is 6.07 Å². The van der Waals surface area contributed by atoms with E-state index < -0.39 is 0 Å². The smallest absolute Gasteiger partial charge is 0.128 e. The largest absolute Gasteiger partial charge is 0.496 e. The molecule has 3 nitrogen and oxygen atoms in total. The van der Waals surface area contributed by atoms with Crippen LogP contribution in [0.3, 0.4) is 0 Å². The number of rotatable bonds is 2. The van der Waals surface area contributed by atoms with Gasteiger partial charge in [0.1, 0.15) is 5.75 Å². The van der Waals surface area contributed by atoms with E-state index in [1.165, 1.54) is 11.1 Å². The maximum absolute atomic E-state index is 5.38. The highest BCUT2D eigenvalue weighted by atomic mass is 16.5. The van der Waals surface area contributed by atoms with Crippen molar-refractivity contribution in [2.45, 2.75) is 13.8 Å². The predicted molar refractivity (Wildman–Crippen MR) is 60.0 cm³/mol. The van der Waals surface area contributed by atoms with Crippen LogP contribution in [0.25, 0.3) is 11.3 Å². The van der Waals surface area contributed by atoms with Crippen LogP contribution in [0.15, 0.2) is 24.4 Å². The lowest BCUT2D eigenvalue weighted by Gasteiger charge is -2.11. The highest BCUT2D eigenvalue weighted by Gasteiger charge is 2.10. The second kappa shape index (κ2) is 3.77. The van der Waals surface area contributed by atoms with E-state index in [9.17, 15) is 0 Å². The SMILES string of the molecule is COc1cc(C)cc(C)c1-c1ccn[nH]1. The molecule has 0 radical (unpaired) electrons. The highest BCUT2D eigenvalue weighted by molar-refractivity contribution is 5.71. The van der Waals surface area contributed by atoms with Crippen molar-refractivity contribution >= 4 is 0 Å². The monoisotopic (exact) mass is 202 g/mol. The van der Waals surface area contributed by atoms with Crippen LogP contribution in [0.5, 0.6) is 5.75 Å². The molecule has 15 heavy (non-hydrogen) atoms. The number of hydrogen-bond acceptors (Lipinski definition) is 2. The topological polar surface area (TPSA) is 37.9 Å². The lowest BCUT2D eigenvalue weighted by atomic mass is 10.0. The Hall–Kier alpha value is -1.77. The van der Waals surface area contributed by atoms with Gasteiger partial charge in [0.25, 0.3) is 0 Å². The number of nitrogens with one attached hydrogen (secondary N) is 1. The lowest BCUT2D eigenvalue weighted by Crippen LogP contribution is -1.92. The molecule has 0 saturated heterocycles. The Morgan fingerprint density at radius 1 is 1.27 bits per heavy atom. The van der Waals surface area contributed by atoms with Crippen LogP contribution in [-0.2, 0) is 0 Å². The summed E-state index contributed by atoms with van der Waals surface area (Å²) in [5, 5.41) is 6.92. The average molecular weight is 202 g/mol. The van der Waals surface area contributed by atoms with Gasteiger partial charge in [-0.2, -0.15) is 5.10 Å². The van der Waals surface area contributed by atoms with E-state index >= 15 is 0 Å². The molecule has 0 aliphatic heterocycles. The number of aromatic nitrogens is 2. The summed E-state index contributed by atoms with van der Waals surface area (Å²) in [5.74, 6) is 0.886. The van der Waals surface area contributed by atoms with Crippen molar-refractivity contribution in [3.05, 3.63) is 35.5 Å². The van der Waals surface area contributed by atoms with E-state index in [0.717, 1.165) is 17.0 Å². The third-order valence-electron chi connectivity index (χ3n) is 2.43. The first kappa shape index (κ1) is 9.77. The third kappa shape index (κ3) is 1.73. The van der Waals surface area contributed by atoms with Gasteiger partial charge in [-0.05, 0) is 37.1 Å². The lowest BCUT2D eigenvalue weighted by molar-refractivity contribution is 0.415. The second-order valence-corrected chi connectivity index (χ2v) is 3.63. The number of hydrogen-bond donors (Lipinski definition) is 1. The van der Waals surface area contributed by atoms with Crippen molar-refractivity contribution < 1.29 is 4.74 Å². The Balaban J connectivity index is 2.64. The molecule has 0 aliphatic carbocycles. The van der Waals surface area contributed by atoms with Crippen LogP contribution >= 0.6 is 0 Å². The first-order chi connectivity index (χ1) is 7.22. The molecule has 1 aromatic carbocycles. The molecule has 1 aromatic heterocycles. The molecular weight excluding hydrogens is 188 g/mol. The van der Waals surface area contributed by atoms with E-state index in [1.54, 1.807) is 13.3 Å². The average Bonchev–Trinajstić information content (AvgIpc) is 2.69. The molecule has 2 aromatic rings. The summed E-state index contributed by atoms with van der Waals surface area (Å²) in [4.78, 5) is 0. The molecule has 0 spiro atoms. The maximum atomic E-state index is 5.38. The van der Waals surface area contributed by atoms with Crippen molar-refractivity contribution in [2.24, 2.45) is 0 Å². The predicted octanol–water partition coefficient (Wildman–Crippen LogP) is 2.70. The van der Waals surface area contributed by atoms with E-state index in [2.05, 4.69) is 30.1 Å². The fourth-order valence-corrected chi connectivity index (χ4v) is 1.83. The molecule has 0 unspecified atom stereocenters. The van der Waals surface area contributed by atoms with Crippen LogP contribution in [-0.4, -0.2) is 17.3 Å². The normalized spacial score (nSPS) is 10.3. The Labute approximate surface area is 89.1 Å². The fourth-order valence-electron chi connectivity index (χ4n) is 1.83. The summed E-state index contributed by atoms with van der Waals surface area (Å²) in [6.07, 6.45) is 1.74. The van der Waals surface area contributed by atoms with E-state index in [0.29, 0.717) is 0 Å². The van der Waals surface area contributed by atoms with Crippen molar-refractivity contribution in [3.8, 4) is 17.0 Å². The van der Waals surface area contributed by atoms with Gasteiger partial charge in [0.15, 0.2) is 0 Å². The quantitative estimate of drug-likeness (QED) is 0.813. The molecule has 2 rings (SSSR count). The first-order valence-corrected chi connectivity index (χ1v) is 4.87. The van der Waals surface area contributed by atoms with Crippen molar-refractivity contribution in [3.63, 3.8) is 0 Å². The van der Waals surface area contributed by atoms with Gasteiger partial charge >= 0.3 is 0 Å². The van der Waals surface area contributed by atoms with Crippen LogP contribution in [0.2, 0.25) is 0 Å². The van der Waals surface area contributed by atoms with Gasteiger partial charge in [0.2, 0.25) is 0 Å². The Bertz CT molecular complexity index is 461. The zero-order valence-electron chi connectivity index (χ0n) is 9.16. The Morgan fingerprint density at radius 3 is 2.67 bits per heavy atom. The van der Waals surface area contributed by atoms with Crippen LogP contribution in [0, 0.1) is 13.8 Å². The van der Waals surface area contributed by atoms with Gasteiger partial charge < -0.3 is 4.74 Å². The summed E-state index contributed by atoms with van der Waals surface area (Å²) in [5.41, 5.74) is 4.47. The zero-order chi connectivity index (χ0) is 10.8. The molecular formula is C12H14N2O. The van der Waals surface area contributed by atoms with Gasteiger partial charge in [-0.15, -0.1) is 0 Å². The summed E-state index contributed by atoms with van der Waals surface area (Å²) in [6, 6.07) is 6.11. The molecule has 0 bridgehead atoms. The molecule has 0 fully saturated rings. The Morgan fingerprint density at radius 2 is 2.07 bits per heavy atom. The van der Waals surface area contributed by atoms with Gasteiger partial charge in [-0.25, -0.2) is 0 Å². The van der Waals surface area contributed by atoms with Gasteiger partial charge in [0.05, 0.1) is 12.8 Å². The molecule has 0 amide bonds. The number of methoxy groups -OCH3 is 1. The molecule has 1 heterocycles. The minimum Gasteiger partial charge on any atom is -0.496 e. The molecule has 1 N–H and O–H groups in total. The number of aryl methyl sites for hydroxylation is 2. The van der Waals surface area contributed by atoms with E-state index in [4.69, 9.17) is 4.74 Å². The number of benzene rings is 1. The summed E-state index contributed by atoms with van der Waals surface area (Å²) in [7, 11) is 1.69. The summed E-state index contributed by atoms with van der Waals surface area (Å²) in [6.45, 7) is 4.14. The highest BCUT2D eigenvalue weighted by Crippen LogP contribution is 2.32. The minimum absolute atomic E-state index is 0.886. The fraction of sp³-hybridized carbons (Fsp3) is 0.250. The van der Waals surface area contributed by atoms with Crippen molar-refractivity contribution in [1.29, 1.82) is 0 Å². The van der Waals surface area contributed by atoms with E-state index in [1.807, 2.05) is 12.1 Å². The van der Waals surface area contributed by atoms with Crippen molar-refractivity contribution in [1.82, 2.24) is 10.2 Å². The zero-order valence-corrected chi connectivity index (χ0v) is 9.16. The van der Waals surface area contributed by atoms with Gasteiger partial charge in [0, 0.05) is 11.8 Å². The molecule has 0 aliphatic rings. The van der Waals surface area contributed by atoms with Crippen LogP contribution in [0.1, 0.15) is 11.1 Å². The number of H-pyrrole nitrogens is 1. The van der Waals surface area contributed by atoms with E-state index in [-0.39, 0.29) is 0 Å². The van der Waals surface area contributed by atoms with Gasteiger partial charge in [-0.3, -0.25) is 5.10 Å². The molecule has 0 saturated carbocycles. The minimum atomic E-state index is 0.886. The number of ether oxygens (including phenoxy) is 1. The van der Waals surface area contributed by atoms with Crippen molar-refractivity contribution in [2.75, 3.05) is 7.11 Å². The second-order valence-electron chi connectivity index (χ2n) is 3.63. The maximum Gasteiger partial charge on any atom is 0.128 e. The van der Waals surface area contributed by atoms with Crippen LogP contribution < -0.4 is 4.74 Å². The van der Waals surface area contributed by atoms with Crippen LogP contribution in [0.4, 0.5) is 0 Å². The first-order valence-electron chi connectivity index (χ1n) is 4.87. The molecule has 78 valence electrons. The third-order valence-corrected chi connectivity index (χ3v) is 2.43.